The minimum Gasteiger partial charge on any atom is -0.464 e. The maximum absolute atomic E-state index is 11.9. The lowest BCUT2D eigenvalue weighted by Gasteiger charge is -2.12. The van der Waals surface area contributed by atoms with Gasteiger partial charge in [-0.2, -0.15) is 0 Å². The van der Waals surface area contributed by atoms with Crippen molar-refractivity contribution in [3.05, 3.63) is 35.4 Å². The Hall–Kier alpha value is -1.95. The Labute approximate surface area is 117 Å². The second-order valence-corrected chi connectivity index (χ2v) is 4.33. The van der Waals surface area contributed by atoms with Gasteiger partial charge in [-0.15, -0.1) is 0 Å². The molecule has 1 amide bonds. The van der Waals surface area contributed by atoms with Crippen molar-refractivity contribution in [3.8, 4) is 0 Å². The van der Waals surface area contributed by atoms with Gasteiger partial charge in [0.15, 0.2) is 0 Å². The van der Waals surface area contributed by atoms with Gasteiger partial charge in [0, 0.05) is 11.1 Å². The molecule has 1 aromatic rings. The summed E-state index contributed by atoms with van der Waals surface area (Å²) in [5, 5.41) is 2.55. The summed E-state index contributed by atoms with van der Waals surface area (Å²) in [4.78, 5) is 23.6. The summed E-state index contributed by atoms with van der Waals surface area (Å²) in [6.07, 6.45) is 0. The van der Waals surface area contributed by atoms with Gasteiger partial charge in [-0.05, 0) is 26.0 Å². The number of hydrogen-bond donors (Lipinski definition) is 2. The van der Waals surface area contributed by atoms with E-state index < -0.39 is 12.0 Å². The number of ether oxygens (including phenoxy) is 1. The third-order valence-corrected chi connectivity index (χ3v) is 2.63. The number of hydrogen-bond acceptors (Lipinski definition) is 4. The molecule has 1 unspecified atom stereocenters. The zero-order chi connectivity index (χ0) is 14.4. The number of thiocarbonyl (C=S) groups is 1. The van der Waals surface area contributed by atoms with E-state index >= 15 is 0 Å². The molecular weight excluding hydrogens is 264 g/mol. The monoisotopic (exact) mass is 280 g/mol. The van der Waals surface area contributed by atoms with E-state index in [4.69, 9.17) is 22.7 Å². The molecule has 0 bridgehead atoms. The summed E-state index contributed by atoms with van der Waals surface area (Å²) in [6.45, 7) is 3.54. The van der Waals surface area contributed by atoms with Crippen LogP contribution in [0, 0.1) is 0 Å². The fourth-order valence-corrected chi connectivity index (χ4v) is 1.55. The minimum atomic E-state index is -0.707. The topological polar surface area (TPSA) is 81.4 Å². The van der Waals surface area contributed by atoms with Gasteiger partial charge >= 0.3 is 5.97 Å². The molecule has 0 spiro atoms. The van der Waals surface area contributed by atoms with Crippen LogP contribution in [-0.4, -0.2) is 29.5 Å². The number of carbonyl (C=O) groups excluding carboxylic acids is 2. The van der Waals surface area contributed by atoms with E-state index in [1.807, 2.05) is 0 Å². The summed E-state index contributed by atoms with van der Waals surface area (Å²) in [7, 11) is 0. The molecule has 0 aliphatic heterocycles. The normalized spacial score (nSPS) is 11.5. The van der Waals surface area contributed by atoms with Crippen LogP contribution in [0.5, 0.6) is 0 Å². The summed E-state index contributed by atoms with van der Waals surface area (Å²) < 4.78 is 4.81. The molecule has 0 saturated heterocycles. The van der Waals surface area contributed by atoms with Crippen molar-refractivity contribution >= 4 is 29.1 Å². The standard InChI is InChI=1S/C13H16N2O3S/c1-3-18-13(17)8(2)15-12(16)10-6-4-5-9(7-10)11(14)19/h4-8H,3H2,1-2H3,(H2,14,19)(H,15,16). The smallest absolute Gasteiger partial charge is 0.328 e. The van der Waals surface area contributed by atoms with Crippen molar-refractivity contribution < 1.29 is 14.3 Å². The van der Waals surface area contributed by atoms with Gasteiger partial charge < -0.3 is 15.8 Å². The van der Waals surface area contributed by atoms with E-state index in [0.717, 1.165) is 0 Å². The summed E-state index contributed by atoms with van der Waals surface area (Å²) in [5.41, 5.74) is 6.49. The zero-order valence-electron chi connectivity index (χ0n) is 10.8. The largest absolute Gasteiger partial charge is 0.464 e. The van der Waals surface area contributed by atoms with E-state index in [-0.39, 0.29) is 17.5 Å². The van der Waals surface area contributed by atoms with Crippen LogP contribution in [0.15, 0.2) is 24.3 Å². The Morgan fingerprint density at radius 3 is 2.63 bits per heavy atom. The lowest BCUT2D eigenvalue weighted by Crippen LogP contribution is -2.39. The number of carbonyl (C=O) groups is 2. The molecule has 102 valence electrons. The van der Waals surface area contributed by atoms with Crippen LogP contribution >= 0.6 is 12.2 Å². The average Bonchev–Trinajstić information content (AvgIpc) is 2.39. The molecule has 1 aromatic carbocycles. The molecular formula is C13H16N2O3S. The number of benzene rings is 1. The van der Waals surface area contributed by atoms with E-state index in [1.54, 1.807) is 38.1 Å². The fourth-order valence-electron chi connectivity index (χ4n) is 1.42. The van der Waals surface area contributed by atoms with Crippen molar-refractivity contribution in [3.63, 3.8) is 0 Å². The van der Waals surface area contributed by atoms with Crippen LogP contribution in [-0.2, 0) is 9.53 Å². The highest BCUT2D eigenvalue weighted by Gasteiger charge is 2.17. The van der Waals surface area contributed by atoms with Crippen LogP contribution in [0.1, 0.15) is 29.8 Å². The maximum atomic E-state index is 11.9. The molecule has 19 heavy (non-hydrogen) atoms. The first-order valence-corrected chi connectivity index (χ1v) is 6.24. The second-order valence-electron chi connectivity index (χ2n) is 3.89. The minimum absolute atomic E-state index is 0.216. The van der Waals surface area contributed by atoms with Gasteiger partial charge in [-0.3, -0.25) is 4.79 Å². The average molecular weight is 280 g/mol. The van der Waals surface area contributed by atoms with Gasteiger partial charge in [-0.1, -0.05) is 24.4 Å². The predicted octanol–water partition coefficient (Wildman–Crippen LogP) is 1.00. The molecule has 1 atom stereocenters. The summed E-state index contributed by atoms with van der Waals surface area (Å²) in [5.74, 6) is -0.847. The van der Waals surface area contributed by atoms with Gasteiger partial charge in [0.1, 0.15) is 11.0 Å². The van der Waals surface area contributed by atoms with Gasteiger partial charge in [0.25, 0.3) is 5.91 Å². The summed E-state index contributed by atoms with van der Waals surface area (Å²) in [6, 6.07) is 5.89. The molecule has 0 aliphatic rings. The van der Waals surface area contributed by atoms with Gasteiger partial charge in [-0.25, -0.2) is 4.79 Å². The Bertz CT molecular complexity index is 502. The highest BCUT2D eigenvalue weighted by atomic mass is 32.1. The zero-order valence-corrected chi connectivity index (χ0v) is 11.6. The highest BCUT2D eigenvalue weighted by molar-refractivity contribution is 7.80. The third kappa shape index (κ3) is 4.33. The Morgan fingerprint density at radius 1 is 1.42 bits per heavy atom. The van der Waals surface area contributed by atoms with Crippen LogP contribution in [0.3, 0.4) is 0 Å². The number of rotatable bonds is 5. The molecule has 0 fully saturated rings. The molecule has 0 aliphatic carbocycles. The van der Waals surface area contributed by atoms with E-state index in [1.165, 1.54) is 0 Å². The predicted molar refractivity (Wildman–Crippen MR) is 75.9 cm³/mol. The summed E-state index contributed by atoms with van der Waals surface area (Å²) >= 11 is 4.84. The SMILES string of the molecule is CCOC(=O)C(C)NC(=O)c1cccc(C(N)=S)c1. The van der Waals surface area contributed by atoms with Gasteiger partial charge in [0.2, 0.25) is 0 Å². The number of nitrogens with one attached hydrogen (secondary N) is 1. The van der Waals surface area contributed by atoms with Crippen LogP contribution < -0.4 is 11.1 Å². The molecule has 5 nitrogen and oxygen atoms in total. The van der Waals surface area contributed by atoms with Crippen LogP contribution in [0.4, 0.5) is 0 Å². The second kappa shape index (κ2) is 6.84. The van der Waals surface area contributed by atoms with E-state index in [0.29, 0.717) is 11.1 Å². The highest BCUT2D eigenvalue weighted by Crippen LogP contribution is 2.06. The van der Waals surface area contributed by atoms with E-state index in [2.05, 4.69) is 5.32 Å². The maximum Gasteiger partial charge on any atom is 0.328 e. The lowest BCUT2D eigenvalue weighted by molar-refractivity contribution is -0.144. The Morgan fingerprint density at radius 2 is 2.05 bits per heavy atom. The van der Waals surface area contributed by atoms with Crippen molar-refractivity contribution in [1.82, 2.24) is 5.32 Å². The Balaban J connectivity index is 2.75. The molecule has 0 saturated carbocycles. The Kier molecular flexibility index (Phi) is 5.44. The molecule has 3 N–H and O–H groups in total. The van der Waals surface area contributed by atoms with E-state index in [9.17, 15) is 9.59 Å². The van der Waals surface area contributed by atoms with Crippen molar-refractivity contribution in [2.75, 3.05) is 6.61 Å². The first-order valence-electron chi connectivity index (χ1n) is 5.83. The van der Waals surface area contributed by atoms with Crippen molar-refractivity contribution in [1.29, 1.82) is 0 Å². The number of esters is 1. The molecule has 0 aromatic heterocycles. The third-order valence-electron chi connectivity index (χ3n) is 2.40. The fraction of sp³-hybridized carbons (Fsp3) is 0.308. The van der Waals surface area contributed by atoms with Crippen molar-refractivity contribution in [2.24, 2.45) is 5.73 Å². The lowest BCUT2D eigenvalue weighted by atomic mass is 10.1. The first kappa shape index (κ1) is 15.1. The molecule has 0 radical (unpaired) electrons. The molecule has 6 heteroatoms. The van der Waals surface area contributed by atoms with Gasteiger partial charge in [0.05, 0.1) is 6.61 Å². The molecule has 1 rings (SSSR count). The van der Waals surface area contributed by atoms with Crippen LogP contribution in [0.25, 0.3) is 0 Å². The molecule has 0 heterocycles. The quantitative estimate of drug-likeness (QED) is 0.621. The number of amides is 1. The number of nitrogens with two attached hydrogens (primary N) is 1. The van der Waals surface area contributed by atoms with Crippen molar-refractivity contribution in [2.45, 2.75) is 19.9 Å². The van der Waals surface area contributed by atoms with Crippen LogP contribution in [0.2, 0.25) is 0 Å². The first-order chi connectivity index (χ1) is 8.95.